The molecule has 110 valence electrons. The molecule has 1 saturated carbocycles. The summed E-state index contributed by atoms with van der Waals surface area (Å²) in [5.74, 6) is 1.68. The van der Waals surface area contributed by atoms with Crippen LogP contribution in [0.5, 0.6) is 11.5 Å². The molecule has 4 rings (SSSR count). The topological polar surface area (TPSA) is 52.8 Å². The van der Waals surface area contributed by atoms with E-state index in [-0.39, 0.29) is 11.8 Å². The van der Waals surface area contributed by atoms with Crippen LogP contribution in [0.3, 0.4) is 0 Å². The van der Waals surface area contributed by atoms with Crippen molar-refractivity contribution in [2.45, 2.75) is 19.3 Å². The van der Waals surface area contributed by atoms with Crippen molar-refractivity contribution < 1.29 is 14.3 Å². The molecule has 1 aliphatic heterocycles. The van der Waals surface area contributed by atoms with Gasteiger partial charge in [0.05, 0.1) is 10.2 Å². The molecular weight excluding hydrogens is 288 g/mol. The largest absolute Gasteiger partial charge is 0.486 e. The third kappa shape index (κ3) is 2.14. The standard InChI is InChI=1S/C15H16N2O3S/c1-17-10-7-11-12(20-6-5-19-11)8-13(10)21-15(17)16-14(18)9-3-2-4-9/h7-9H,2-6H2,1H3. The smallest absolute Gasteiger partial charge is 0.251 e. The Morgan fingerprint density at radius 2 is 2.00 bits per heavy atom. The minimum atomic E-state index is 0.0145. The summed E-state index contributed by atoms with van der Waals surface area (Å²) in [6.45, 7) is 1.15. The van der Waals surface area contributed by atoms with Gasteiger partial charge in [0.1, 0.15) is 13.2 Å². The Kier molecular flexibility index (Phi) is 2.99. The number of fused-ring (bicyclic) bond motifs is 2. The molecule has 1 aliphatic carbocycles. The van der Waals surface area contributed by atoms with Crippen molar-refractivity contribution in [1.29, 1.82) is 0 Å². The maximum atomic E-state index is 12.1. The zero-order valence-corrected chi connectivity index (χ0v) is 12.6. The van der Waals surface area contributed by atoms with E-state index in [0.717, 1.165) is 45.8 Å². The second-order valence-electron chi connectivity index (χ2n) is 5.49. The van der Waals surface area contributed by atoms with E-state index in [1.165, 1.54) is 11.3 Å². The van der Waals surface area contributed by atoms with Crippen molar-refractivity contribution >= 4 is 27.5 Å². The highest BCUT2D eigenvalue weighted by Crippen LogP contribution is 2.35. The van der Waals surface area contributed by atoms with Crippen LogP contribution in [-0.4, -0.2) is 23.7 Å². The molecule has 0 radical (unpaired) electrons. The minimum Gasteiger partial charge on any atom is -0.486 e. The molecule has 0 saturated heterocycles. The Hall–Kier alpha value is -1.82. The Balaban J connectivity index is 1.81. The molecule has 2 aliphatic rings. The first kappa shape index (κ1) is 12.9. The Bertz CT molecular complexity index is 786. The first-order chi connectivity index (χ1) is 10.2. The van der Waals surface area contributed by atoms with E-state index in [0.29, 0.717) is 13.2 Å². The first-order valence-corrected chi connectivity index (χ1v) is 8.02. The van der Waals surface area contributed by atoms with Crippen LogP contribution in [0, 0.1) is 5.92 Å². The van der Waals surface area contributed by atoms with Crippen LogP contribution < -0.4 is 14.3 Å². The molecule has 1 aromatic carbocycles. The predicted molar refractivity (Wildman–Crippen MR) is 79.7 cm³/mol. The molecule has 0 spiro atoms. The third-order valence-electron chi connectivity index (χ3n) is 4.13. The van der Waals surface area contributed by atoms with Gasteiger partial charge in [-0.1, -0.05) is 17.8 Å². The molecule has 6 heteroatoms. The fourth-order valence-corrected chi connectivity index (χ4v) is 3.65. The van der Waals surface area contributed by atoms with Crippen molar-refractivity contribution in [2.24, 2.45) is 18.0 Å². The van der Waals surface area contributed by atoms with Gasteiger partial charge in [-0.3, -0.25) is 4.79 Å². The van der Waals surface area contributed by atoms with E-state index in [2.05, 4.69) is 4.99 Å². The quantitative estimate of drug-likeness (QED) is 0.812. The summed E-state index contributed by atoms with van der Waals surface area (Å²) in [5, 5.41) is 0. The molecule has 2 heterocycles. The van der Waals surface area contributed by atoms with Crippen LogP contribution in [0.1, 0.15) is 19.3 Å². The second kappa shape index (κ2) is 4.87. The molecule has 5 nitrogen and oxygen atoms in total. The predicted octanol–water partition coefficient (Wildman–Crippen LogP) is 2.24. The van der Waals surface area contributed by atoms with Gasteiger partial charge in [0.2, 0.25) is 0 Å². The number of benzene rings is 1. The Morgan fingerprint density at radius 1 is 1.29 bits per heavy atom. The molecule has 1 aromatic heterocycles. The molecule has 0 atom stereocenters. The lowest BCUT2D eigenvalue weighted by Gasteiger charge is -2.20. The van der Waals surface area contributed by atoms with Crippen molar-refractivity contribution in [2.75, 3.05) is 13.2 Å². The number of thiazole rings is 1. The first-order valence-electron chi connectivity index (χ1n) is 7.20. The SMILES string of the molecule is Cn1c(=NC(=O)C2CCC2)sc2cc3c(cc21)OCCO3. The fraction of sp³-hybridized carbons (Fsp3) is 0.467. The van der Waals surface area contributed by atoms with Gasteiger partial charge in [-0.15, -0.1) is 0 Å². The van der Waals surface area contributed by atoms with Gasteiger partial charge in [0.15, 0.2) is 16.3 Å². The van der Waals surface area contributed by atoms with Gasteiger partial charge in [-0.2, -0.15) is 4.99 Å². The average Bonchev–Trinajstić information content (AvgIpc) is 2.71. The monoisotopic (exact) mass is 304 g/mol. The number of ether oxygens (including phenoxy) is 2. The summed E-state index contributed by atoms with van der Waals surface area (Å²) >= 11 is 1.52. The van der Waals surface area contributed by atoms with Crippen LogP contribution >= 0.6 is 11.3 Å². The molecule has 1 fully saturated rings. The normalized spacial score (nSPS) is 18.8. The molecule has 0 bridgehead atoms. The van der Waals surface area contributed by atoms with Gasteiger partial charge in [0.25, 0.3) is 5.91 Å². The molecule has 0 N–H and O–H groups in total. The molecular formula is C15H16N2O3S. The maximum Gasteiger partial charge on any atom is 0.251 e. The summed E-state index contributed by atoms with van der Waals surface area (Å²) in [6, 6.07) is 3.94. The zero-order chi connectivity index (χ0) is 14.4. The maximum absolute atomic E-state index is 12.1. The highest BCUT2D eigenvalue weighted by Gasteiger charge is 2.25. The highest BCUT2D eigenvalue weighted by molar-refractivity contribution is 7.16. The van der Waals surface area contributed by atoms with E-state index in [4.69, 9.17) is 9.47 Å². The van der Waals surface area contributed by atoms with Crippen molar-refractivity contribution in [1.82, 2.24) is 4.57 Å². The number of carbonyl (C=O) groups is 1. The molecule has 2 aromatic rings. The fourth-order valence-electron chi connectivity index (χ4n) is 2.61. The van der Waals surface area contributed by atoms with Crippen molar-refractivity contribution in [3.63, 3.8) is 0 Å². The Morgan fingerprint density at radius 3 is 2.67 bits per heavy atom. The number of nitrogens with zero attached hydrogens (tertiary/aromatic N) is 2. The zero-order valence-electron chi connectivity index (χ0n) is 11.8. The number of aryl methyl sites for hydroxylation is 1. The second-order valence-corrected chi connectivity index (χ2v) is 6.49. The summed E-state index contributed by atoms with van der Waals surface area (Å²) in [5.41, 5.74) is 1.02. The highest BCUT2D eigenvalue weighted by atomic mass is 32.1. The van der Waals surface area contributed by atoms with E-state index in [1.54, 1.807) is 0 Å². The minimum absolute atomic E-state index is 0.0145. The number of carbonyl (C=O) groups excluding carboxylic acids is 1. The van der Waals surface area contributed by atoms with Crippen molar-refractivity contribution in [3.05, 3.63) is 16.9 Å². The average molecular weight is 304 g/mol. The van der Waals surface area contributed by atoms with Gasteiger partial charge in [0, 0.05) is 25.1 Å². The lowest BCUT2D eigenvalue weighted by atomic mass is 9.85. The Labute approximate surface area is 125 Å². The van der Waals surface area contributed by atoms with Crippen LogP contribution in [0.25, 0.3) is 10.2 Å². The van der Waals surface area contributed by atoms with Gasteiger partial charge >= 0.3 is 0 Å². The molecule has 21 heavy (non-hydrogen) atoms. The molecule has 0 unspecified atom stereocenters. The van der Waals surface area contributed by atoms with Crippen LogP contribution in [0.4, 0.5) is 0 Å². The van der Waals surface area contributed by atoms with Crippen LogP contribution in [0.15, 0.2) is 17.1 Å². The van der Waals surface area contributed by atoms with Gasteiger partial charge < -0.3 is 14.0 Å². The van der Waals surface area contributed by atoms with Crippen molar-refractivity contribution in [3.8, 4) is 11.5 Å². The number of hydrogen-bond donors (Lipinski definition) is 0. The van der Waals surface area contributed by atoms with E-state index < -0.39 is 0 Å². The van der Waals surface area contributed by atoms with Crippen LogP contribution in [0.2, 0.25) is 0 Å². The van der Waals surface area contributed by atoms with E-state index >= 15 is 0 Å². The summed E-state index contributed by atoms with van der Waals surface area (Å²) in [6.07, 6.45) is 3.10. The van der Waals surface area contributed by atoms with Gasteiger partial charge in [-0.25, -0.2) is 0 Å². The van der Waals surface area contributed by atoms with E-state index in [1.807, 2.05) is 23.7 Å². The summed E-state index contributed by atoms with van der Waals surface area (Å²) < 4.78 is 14.2. The third-order valence-corrected chi connectivity index (χ3v) is 5.23. The number of aromatic nitrogens is 1. The lowest BCUT2D eigenvalue weighted by Crippen LogP contribution is -2.23. The number of hydrogen-bond acceptors (Lipinski definition) is 4. The summed E-state index contributed by atoms with van der Waals surface area (Å²) in [7, 11) is 1.93. The molecule has 1 amide bonds. The van der Waals surface area contributed by atoms with E-state index in [9.17, 15) is 4.79 Å². The lowest BCUT2D eigenvalue weighted by molar-refractivity contribution is -0.124. The summed E-state index contributed by atoms with van der Waals surface area (Å²) in [4.78, 5) is 17.1. The van der Waals surface area contributed by atoms with Crippen LogP contribution in [-0.2, 0) is 11.8 Å². The number of rotatable bonds is 1. The van der Waals surface area contributed by atoms with Gasteiger partial charge in [-0.05, 0) is 12.8 Å². The number of amides is 1.